The van der Waals surface area contributed by atoms with Gasteiger partial charge in [-0.2, -0.15) is 0 Å². The van der Waals surface area contributed by atoms with Crippen LogP contribution in [0.2, 0.25) is 0 Å². The second kappa shape index (κ2) is 8.19. The van der Waals surface area contributed by atoms with E-state index in [4.69, 9.17) is 9.47 Å². The number of fused-ring (bicyclic) bond motifs is 1. The molecule has 24 heavy (non-hydrogen) atoms. The summed E-state index contributed by atoms with van der Waals surface area (Å²) in [4.78, 5) is 8.45. The number of halogens is 1. The first-order valence-electron chi connectivity index (χ1n) is 7.59. The van der Waals surface area contributed by atoms with Gasteiger partial charge in [0.25, 0.3) is 0 Å². The van der Waals surface area contributed by atoms with Crippen molar-refractivity contribution in [1.29, 1.82) is 0 Å². The highest BCUT2D eigenvalue weighted by molar-refractivity contribution is 9.10. The summed E-state index contributed by atoms with van der Waals surface area (Å²) in [6.07, 6.45) is 5.00. The molecule has 0 fully saturated rings. The fourth-order valence-corrected chi connectivity index (χ4v) is 2.67. The number of nitrogens with zero attached hydrogens (tertiary/aromatic N) is 2. The number of ether oxygens (including phenoxy) is 2. The molecule has 0 spiro atoms. The first kappa shape index (κ1) is 16.8. The minimum absolute atomic E-state index is 0.376. The molecule has 0 amide bonds. The largest absolute Gasteiger partial charge is 0.464 e. The van der Waals surface area contributed by atoms with Gasteiger partial charge in [-0.25, -0.2) is 0 Å². The van der Waals surface area contributed by atoms with Crippen molar-refractivity contribution in [1.82, 2.24) is 15.3 Å². The van der Waals surface area contributed by atoms with Crippen LogP contribution in [0.4, 0.5) is 0 Å². The van der Waals surface area contributed by atoms with Crippen LogP contribution < -0.4 is 10.1 Å². The lowest BCUT2D eigenvalue weighted by Crippen LogP contribution is -2.32. The Morgan fingerprint density at radius 1 is 1.21 bits per heavy atom. The van der Waals surface area contributed by atoms with Crippen molar-refractivity contribution in [3.05, 3.63) is 65.0 Å². The lowest BCUT2D eigenvalue weighted by atomic mass is 10.2. The van der Waals surface area contributed by atoms with Gasteiger partial charge >= 0.3 is 0 Å². The van der Waals surface area contributed by atoms with Gasteiger partial charge in [0.1, 0.15) is 5.75 Å². The summed E-state index contributed by atoms with van der Waals surface area (Å²) in [5.74, 6) is 0.748. The SMILES string of the molecule is COC(CNCc1cccnc1)Oc1ccc2ncc(Br)cc2c1. The molecule has 3 rings (SSSR count). The third-order valence-corrected chi connectivity index (χ3v) is 3.95. The second-order valence-corrected chi connectivity index (χ2v) is 6.20. The quantitative estimate of drug-likeness (QED) is 0.628. The van der Waals surface area contributed by atoms with Crippen molar-refractivity contribution in [3.8, 4) is 5.75 Å². The number of rotatable bonds is 7. The fourth-order valence-electron chi connectivity index (χ4n) is 2.32. The number of aromatic nitrogens is 2. The maximum absolute atomic E-state index is 5.91. The molecule has 0 aliphatic heterocycles. The zero-order valence-electron chi connectivity index (χ0n) is 13.3. The van der Waals surface area contributed by atoms with E-state index in [1.54, 1.807) is 19.5 Å². The Bertz CT molecular complexity index is 799. The zero-order chi connectivity index (χ0) is 16.8. The molecule has 1 N–H and O–H groups in total. The van der Waals surface area contributed by atoms with Crippen LogP contribution in [0.25, 0.3) is 10.9 Å². The predicted octanol–water partition coefficient (Wildman–Crippen LogP) is 3.53. The number of benzene rings is 1. The molecule has 2 heterocycles. The van der Waals surface area contributed by atoms with E-state index in [0.29, 0.717) is 13.1 Å². The third kappa shape index (κ3) is 4.50. The molecule has 124 valence electrons. The molecule has 6 heteroatoms. The molecule has 0 radical (unpaired) electrons. The number of hydrogen-bond acceptors (Lipinski definition) is 5. The van der Waals surface area contributed by atoms with Gasteiger partial charge < -0.3 is 14.8 Å². The number of pyridine rings is 2. The van der Waals surface area contributed by atoms with E-state index in [0.717, 1.165) is 26.7 Å². The third-order valence-electron chi connectivity index (χ3n) is 3.51. The lowest BCUT2D eigenvalue weighted by Gasteiger charge is -2.18. The van der Waals surface area contributed by atoms with Crippen molar-refractivity contribution < 1.29 is 9.47 Å². The molecule has 1 aromatic carbocycles. The number of hydrogen-bond donors (Lipinski definition) is 1. The van der Waals surface area contributed by atoms with Gasteiger partial charge in [-0.1, -0.05) is 6.07 Å². The van der Waals surface area contributed by atoms with Crippen molar-refractivity contribution in [3.63, 3.8) is 0 Å². The van der Waals surface area contributed by atoms with E-state index in [1.807, 2.05) is 42.6 Å². The normalized spacial score (nSPS) is 12.2. The molecule has 5 nitrogen and oxygen atoms in total. The molecule has 3 aromatic rings. The number of methoxy groups -OCH3 is 1. The molecule has 0 aliphatic rings. The lowest BCUT2D eigenvalue weighted by molar-refractivity contribution is -0.0510. The molecule has 0 saturated carbocycles. The smallest absolute Gasteiger partial charge is 0.212 e. The first-order valence-corrected chi connectivity index (χ1v) is 8.38. The van der Waals surface area contributed by atoms with E-state index in [-0.39, 0.29) is 6.29 Å². The van der Waals surface area contributed by atoms with Crippen molar-refractivity contribution in [2.45, 2.75) is 12.8 Å². The van der Waals surface area contributed by atoms with Crippen LogP contribution in [0.5, 0.6) is 5.75 Å². The molecule has 0 aliphatic carbocycles. The summed E-state index contributed by atoms with van der Waals surface area (Å²) in [5, 5.41) is 4.32. The van der Waals surface area contributed by atoms with Crippen LogP contribution >= 0.6 is 15.9 Å². The Morgan fingerprint density at radius 2 is 2.12 bits per heavy atom. The Morgan fingerprint density at radius 3 is 2.92 bits per heavy atom. The maximum atomic E-state index is 5.91. The van der Waals surface area contributed by atoms with Gasteiger partial charge in [0.15, 0.2) is 0 Å². The predicted molar refractivity (Wildman–Crippen MR) is 96.8 cm³/mol. The van der Waals surface area contributed by atoms with Gasteiger partial charge in [0.2, 0.25) is 6.29 Å². The Balaban J connectivity index is 1.60. The molecular formula is C18H18BrN3O2. The van der Waals surface area contributed by atoms with Gasteiger partial charge in [0, 0.05) is 42.1 Å². The summed E-state index contributed by atoms with van der Waals surface area (Å²) in [7, 11) is 1.63. The van der Waals surface area contributed by atoms with Crippen LogP contribution in [-0.4, -0.2) is 29.9 Å². The maximum Gasteiger partial charge on any atom is 0.212 e. The minimum Gasteiger partial charge on any atom is -0.464 e. The minimum atomic E-state index is -0.376. The van der Waals surface area contributed by atoms with Gasteiger partial charge in [0.05, 0.1) is 12.1 Å². The Labute approximate surface area is 149 Å². The van der Waals surface area contributed by atoms with E-state index in [9.17, 15) is 0 Å². The summed E-state index contributed by atoms with van der Waals surface area (Å²) >= 11 is 3.43. The summed E-state index contributed by atoms with van der Waals surface area (Å²) < 4.78 is 12.2. The monoisotopic (exact) mass is 387 g/mol. The summed E-state index contributed by atoms with van der Waals surface area (Å²) in [5.41, 5.74) is 2.04. The van der Waals surface area contributed by atoms with Crippen LogP contribution in [-0.2, 0) is 11.3 Å². The fraction of sp³-hybridized carbons (Fsp3) is 0.222. The zero-order valence-corrected chi connectivity index (χ0v) is 14.9. The van der Waals surface area contributed by atoms with Gasteiger partial charge in [-0.05, 0) is 51.8 Å². The average Bonchev–Trinajstić information content (AvgIpc) is 2.61. The average molecular weight is 388 g/mol. The Kier molecular flexibility index (Phi) is 5.74. The van der Waals surface area contributed by atoms with E-state index >= 15 is 0 Å². The van der Waals surface area contributed by atoms with Gasteiger partial charge in [-0.3, -0.25) is 9.97 Å². The highest BCUT2D eigenvalue weighted by Gasteiger charge is 2.09. The molecule has 1 unspecified atom stereocenters. The van der Waals surface area contributed by atoms with Crippen molar-refractivity contribution >= 4 is 26.8 Å². The van der Waals surface area contributed by atoms with Crippen molar-refractivity contribution in [2.24, 2.45) is 0 Å². The second-order valence-electron chi connectivity index (χ2n) is 5.28. The van der Waals surface area contributed by atoms with Crippen molar-refractivity contribution in [2.75, 3.05) is 13.7 Å². The summed E-state index contributed by atoms with van der Waals surface area (Å²) in [6.45, 7) is 1.28. The van der Waals surface area contributed by atoms with E-state index in [2.05, 4.69) is 31.2 Å². The molecule has 0 saturated heterocycles. The van der Waals surface area contributed by atoms with Crippen LogP contribution in [0.3, 0.4) is 0 Å². The molecule has 1 atom stereocenters. The Hall–Kier alpha value is -2.02. The van der Waals surface area contributed by atoms with E-state index < -0.39 is 0 Å². The molecular weight excluding hydrogens is 370 g/mol. The molecule has 0 bridgehead atoms. The highest BCUT2D eigenvalue weighted by Crippen LogP contribution is 2.23. The van der Waals surface area contributed by atoms with Crippen LogP contribution in [0, 0.1) is 0 Å². The van der Waals surface area contributed by atoms with Crippen LogP contribution in [0.1, 0.15) is 5.56 Å². The number of nitrogens with one attached hydrogen (secondary N) is 1. The molecule has 2 aromatic heterocycles. The van der Waals surface area contributed by atoms with Crippen LogP contribution in [0.15, 0.2) is 59.5 Å². The first-order chi connectivity index (χ1) is 11.7. The van der Waals surface area contributed by atoms with E-state index in [1.165, 1.54) is 0 Å². The topological polar surface area (TPSA) is 56.3 Å². The standard InChI is InChI=1S/C18H18BrN3O2/c1-23-18(12-21-10-13-3-2-6-20-9-13)24-16-4-5-17-14(8-16)7-15(19)11-22-17/h2-9,11,18,21H,10,12H2,1H3. The van der Waals surface area contributed by atoms with Gasteiger partial charge in [-0.15, -0.1) is 0 Å². The summed E-state index contributed by atoms with van der Waals surface area (Å²) in [6, 6.07) is 11.8. The highest BCUT2D eigenvalue weighted by atomic mass is 79.9.